The molecule has 5 rings (SSSR count). The first kappa shape index (κ1) is 28.9. The number of carbonyl (C=O) groups is 3. The minimum Gasteiger partial charge on any atom is -0.462 e. The van der Waals surface area contributed by atoms with Gasteiger partial charge in [-0.2, -0.15) is 0 Å². The quantitative estimate of drug-likeness (QED) is 0.337. The largest absolute Gasteiger partial charge is 0.462 e. The number of allylic oxidation sites excluding steroid dienone is 2. The fourth-order valence-electron chi connectivity index (χ4n) is 11.4. The number of Topliss-reactive ketones (excluding diaryl/α,β-unsaturated/α-hetero) is 1. The van der Waals surface area contributed by atoms with E-state index in [1.165, 1.54) is 19.4 Å². The molecule has 0 aromatic heterocycles. The summed E-state index contributed by atoms with van der Waals surface area (Å²) in [4.78, 5) is 37.8. The highest BCUT2D eigenvalue weighted by atomic mass is 16.5. The monoisotopic (exact) mass is 540 g/mol. The van der Waals surface area contributed by atoms with Crippen molar-refractivity contribution in [3.8, 4) is 0 Å². The smallest absolute Gasteiger partial charge is 0.302 e. The van der Waals surface area contributed by atoms with Crippen molar-refractivity contribution < 1.29 is 23.9 Å². The van der Waals surface area contributed by atoms with Crippen LogP contribution in [-0.4, -0.2) is 29.9 Å². The SMILES string of the molecule is CC(=O)O[C@H]1CC[C@@]2(C)[C@@H](CC[C@@]3(C)CC4=C(CC[C@@H]32)[C@@]2(C)CC[C@H](OC(C)=O)C(C)(C)[C@@H]2CC4=O)C1(C)C. The third kappa shape index (κ3) is 4.26. The summed E-state index contributed by atoms with van der Waals surface area (Å²) in [7, 11) is 0. The molecule has 5 heteroatoms. The van der Waals surface area contributed by atoms with E-state index in [0.29, 0.717) is 24.0 Å². The Hall–Kier alpha value is -1.65. The number of hydrogen-bond acceptors (Lipinski definition) is 5. The highest BCUT2D eigenvalue weighted by Gasteiger charge is 2.63. The van der Waals surface area contributed by atoms with Crippen molar-refractivity contribution >= 4 is 17.7 Å². The van der Waals surface area contributed by atoms with E-state index in [0.717, 1.165) is 63.4 Å². The van der Waals surface area contributed by atoms with Crippen LogP contribution in [0.1, 0.15) is 127 Å². The summed E-state index contributed by atoms with van der Waals surface area (Å²) in [5.74, 6) is 1.16. The van der Waals surface area contributed by atoms with E-state index in [-0.39, 0.29) is 57.1 Å². The van der Waals surface area contributed by atoms with Crippen LogP contribution in [0.25, 0.3) is 0 Å². The summed E-state index contributed by atoms with van der Waals surface area (Å²) >= 11 is 0. The van der Waals surface area contributed by atoms with Gasteiger partial charge in [-0.05, 0) is 97.4 Å². The van der Waals surface area contributed by atoms with Crippen LogP contribution < -0.4 is 0 Å². The summed E-state index contributed by atoms with van der Waals surface area (Å²) in [6, 6.07) is 0. The normalized spacial score (nSPS) is 44.6. The maximum atomic E-state index is 14.0. The summed E-state index contributed by atoms with van der Waals surface area (Å²) < 4.78 is 11.7. The molecule has 0 spiro atoms. The molecule has 0 aromatic carbocycles. The van der Waals surface area contributed by atoms with Crippen molar-refractivity contribution in [1.82, 2.24) is 0 Å². The van der Waals surface area contributed by atoms with Crippen LogP contribution >= 0.6 is 0 Å². The summed E-state index contributed by atoms with van der Waals surface area (Å²) in [5, 5.41) is 0. The van der Waals surface area contributed by atoms with Gasteiger partial charge in [0.25, 0.3) is 0 Å². The van der Waals surface area contributed by atoms with Gasteiger partial charge in [0.2, 0.25) is 0 Å². The van der Waals surface area contributed by atoms with Crippen LogP contribution in [0.3, 0.4) is 0 Å². The maximum absolute atomic E-state index is 14.0. The highest BCUT2D eigenvalue weighted by molar-refractivity contribution is 5.98. The average molecular weight is 541 g/mol. The van der Waals surface area contributed by atoms with Gasteiger partial charge in [-0.1, -0.05) is 54.0 Å². The number of hydrogen-bond donors (Lipinski definition) is 0. The van der Waals surface area contributed by atoms with E-state index in [1.54, 1.807) is 0 Å². The Balaban J connectivity index is 1.48. The Labute approximate surface area is 236 Å². The molecule has 0 saturated heterocycles. The molecule has 0 aliphatic heterocycles. The van der Waals surface area contributed by atoms with Crippen LogP contribution in [0.2, 0.25) is 0 Å². The minimum atomic E-state index is -0.244. The molecule has 0 amide bonds. The molecule has 0 heterocycles. The average Bonchev–Trinajstić information content (AvgIpc) is 2.98. The Bertz CT molecular complexity index is 1100. The molecule has 39 heavy (non-hydrogen) atoms. The Morgan fingerprint density at radius 3 is 1.87 bits per heavy atom. The number of ketones is 1. The van der Waals surface area contributed by atoms with Crippen LogP contribution in [0.15, 0.2) is 11.1 Å². The van der Waals surface area contributed by atoms with Crippen LogP contribution in [0.4, 0.5) is 0 Å². The van der Waals surface area contributed by atoms with Crippen LogP contribution in [-0.2, 0) is 23.9 Å². The fourth-order valence-corrected chi connectivity index (χ4v) is 11.4. The Morgan fingerprint density at radius 2 is 1.28 bits per heavy atom. The third-order valence-electron chi connectivity index (χ3n) is 13.2. The number of fused-ring (bicyclic) bond motifs is 5. The van der Waals surface area contributed by atoms with Gasteiger partial charge in [0.1, 0.15) is 12.2 Å². The van der Waals surface area contributed by atoms with E-state index in [1.807, 2.05) is 0 Å². The van der Waals surface area contributed by atoms with Crippen molar-refractivity contribution in [1.29, 1.82) is 0 Å². The molecule has 0 unspecified atom stereocenters. The minimum absolute atomic E-state index is 0.0228. The number of carbonyl (C=O) groups excluding carboxylic acids is 3. The van der Waals surface area contributed by atoms with Crippen LogP contribution in [0, 0.1) is 44.8 Å². The van der Waals surface area contributed by atoms with E-state index < -0.39 is 0 Å². The zero-order chi connectivity index (χ0) is 28.8. The lowest BCUT2D eigenvalue weighted by Gasteiger charge is -2.64. The van der Waals surface area contributed by atoms with Crippen molar-refractivity contribution in [3.05, 3.63) is 11.1 Å². The summed E-state index contributed by atoms with van der Waals surface area (Å²) in [6.45, 7) is 19.5. The second kappa shape index (κ2) is 9.18. The third-order valence-corrected chi connectivity index (χ3v) is 13.2. The molecule has 3 saturated carbocycles. The molecule has 0 bridgehead atoms. The first-order chi connectivity index (χ1) is 18.0. The van der Waals surface area contributed by atoms with Crippen molar-refractivity contribution in [3.63, 3.8) is 0 Å². The van der Waals surface area contributed by atoms with E-state index >= 15 is 0 Å². The Morgan fingerprint density at radius 1 is 0.718 bits per heavy atom. The predicted octanol–water partition coefficient (Wildman–Crippen LogP) is 7.60. The second-order valence-corrected chi connectivity index (χ2v) is 16.0. The van der Waals surface area contributed by atoms with Gasteiger partial charge in [-0.3, -0.25) is 14.4 Å². The standard InChI is InChI=1S/C34H52O5/c1-20(35)38-28-14-17-34(9)25(30(28,3)4)12-15-32(7)19-22-23(10-11-26(32)34)33(8)16-13-29(39-21(2)36)31(5,6)27(33)18-24(22)37/h25-29H,10-19H2,1-9H3/t25-,26-,27-,28-,29-,32-,33+,34-/m0/s1. The number of ether oxygens (including phenoxy) is 2. The van der Waals surface area contributed by atoms with Crippen LogP contribution in [0.5, 0.6) is 0 Å². The molecule has 0 aromatic rings. The molecule has 3 fully saturated rings. The zero-order valence-electron chi connectivity index (χ0n) is 26.0. The first-order valence-electron chi connectivity index (χ1n) is 15.6. The van der Waals surface area contributed by atoms with E-state index in [2.05, 4.69) is 48.5 Å². The van der Waals surface area contributed by atoms with Gasteiger partial charge in [-0.25, -0.2) is 0 Å². The molecule has 218 valence electrons. The number of esters is 2. The lowest BCUT2D eigenvalue weighted by atomic mass is 9.42. The van der Waals surface area contributed by atoms with Gasteiger partial charge in [0.15, 0.2) is 5.78 Å². The van der Waals surface area contributed by atoms with Gasteiger partial charge in [0, 0.05) is 31.1 Å². The first-order valence-corrected chi connectivity index (χ1v) is 15.6. The van der Waals surface area contributed by atoms with Crippen molar-refractivity contribution in [2.45, 2.75) is 139 Å². The van der Waals surface area contributed by atoms with Crippen molar-refractivity contribution in [2.75, 3.05) is 0 Å². The van der Waals surface area contributed by atoms with Gasteiger partial charge in [0.05, 0.1) is 0 Å². The molecule has 8 atom stereocenters. The zero-order valence-corrected chi connectivity index (χ0v) is 26.0. The number of rotatable bonds is 2. The Kier molecular flexibility index (Phi) is 6.79. The molecule has 0 N–H and O–H groups in total. The summed E-state index contributed by atoms with van der Waals surface area (Å²) in [6.07, 6.45) is 9.52. The molecule has 5 aliphatic rings. The van der Waals surface area contributed by atoms with Gasteiger partial charge >= 0.3 is 11.9 Å². The molecule has 5 nitrogen and oxygen atoms in total. The molecule has 0 radical (unpaired) electrons. The van der Waals surface area contributed by atoms with Gasteiger partial charge < -0.3 is 9.47 Å². The molecular formula is C34H52O5. The maximum Gasteiger partial charge on any atom is 0.302 e. The topological polar surface area (TPSA) is 69.7 Å². The van der Waals surface area contributed by atoms with E-state index in [9.17, 15) is 14.4 Å². The summed E-state index contributed by atoms with van der Waals surface area (Å²) in [5.41, 5.74) is 2.52. The van der Waals surface area contributed by atoms with Crippen molar-refractivity contribution in [2.24, 2.45) is 44.8 Å². The molecule has 5 aliphatic carbocycles. The lowest BCUT2D eigenvalue weighted by molar-refractivity contribution is -0.192. The highest BCUT2D eigenvalue weighted by Crippen LogP contribution is 2.70. The predicted molar refractivity (Wildman–Crippen MR) is 152 cm³/mol. The second-order valence-electron chi connectivity index (χ2n) is 16.0. The lowest BCUT2D eigenvalue weighted by Crippen LogP contribution is -2.59. The molecular weight excluding hydrogens is 488 g/mol. The van der Waals surface area contributed by atoms with E-state index in [4.69, 9.17) is 9.47 Å². The fraction of sp³-hybridized carbons (Fsp3) is 0.853. The van der Waals surface area contributed by atoms with Gasteiger partial charge in [-0.15, -0.1) is 0 Å².